The molecule has 1 N–H and O–H groups in total. The minimum absolute atomic E-state index is 0.0596. The molecule has 0 radical (unpaired) electrons. The molecule has 0 unspecified atom stereocenters. The normalized spacial score (nSPS) is 10.9. The molecule has 0 bridgehead atoms. The van der Waals surface area contributed by atoms with Crippen molar-refractivity contribution in [1.29, 1.82) is 0 Å². The smallest absolute Gasteiger partial charge is 0.225 e. The first-order valence-electron chi connectivity index (χ1n) is 8.75. The Kier molecular flexibility index (Phi) is 5.49. The number of rotatable bonds is 6. The van der Waals surface area contributed by atoms with Crippen LogP contribution in [0.25, 0.3) is 22.4 Å². The van der Waals surface area contributed by atoms with E-state index in [2.05, 4.69) is 15.4 Å². The summed E-state index contributed by atoms with van der Waals surface area (Å²) in [5, 5.41) is 7.25. The van der Waals surface area contributed by atoms with Crippen molar-refractivity contribution in [2.75, 3.05) is 5.32 Å². The van der Waals surface area contributed by atoms with Gasteiger partial charge < -0.3 is 10.2 Å². The zero-order chi connectivity index (χ0) is 19.4. The van der Waals surface area contributed by atoms with E-state index in [-0.39, 0.29) is 17.8 Å². The Balaban J connectivity index is 2.05. The monoisotopic (exact) mass is 368 g/mol. The molecular weight excluding hydrogens is 347 g/mol. The van der Waals surface area contributed by atoms with Crippen LogP contribution < -0.4 is 10.2 Å². The molecule has 0 aliphatic rings. The van der Waals surface area contributed by atoms with Crippen LogP contribution in [0.4, 0.5) is 10.2 Å². The van der Waals surface area contributed by atoms with Gasteiger partial charge in [0.05, 0.1) is 6.20 Å². The maximum absolute atomic E-state index is 13.3. The molecule has 0 fully saturated rings. The van der Waals surface area contributed by atoms with E-state index in [0.717, 1.165) is 16.7 Å². The fourth-order valence-corrected chi connectivity index (χ4v) is 2.55. The lowest BCUT2D eigenvalue weighted by molar-refractivity contribution is -0.115. The summed E-state index contributed by atoms with van der Waals surface area (Å²) in [5.74, 6) is 0.0332. The van der Waals surface area contributed by atoms with E-state index >= 15 is 0 Å². The molecule has 2 aromatic heterocycles. The van der Waals surface area contributed by atoms with Crippen LogP contribution in [0.1, 0.15) is 27.2 Å². The van der Waals surface area contributed by atoms with E-state index in [0.29, 0.717) is 17.9 Å². The number of nitrogens with zero attached hydrogens (tertiary/aromatic N) is 3. The number of halogens is 1. The Morgan fingerprint density at radius 1 is 1.22 bits per heavy atom. The second-order valence-corrected chi connectivity index (χ2v) is 6.29. The van der Waals surface area contributed by atoms with Gasteiger partial charge in [-0.15, -0.1) is 9.94 Å². The van der Waals surface area contributed by atoms with Crippen LogP contribution in [-0.4, -0.2) is 26.9 Å². The van der Waals surface area contributed by atoms with Crippen LogP contribution in [0, 0.1) is 5.82 Å². The quantitative estimate of drug-likeness (QED) is 0.716. The number of hydrogen-bond donors (Lipinski definition) is 1. The molecule has 140 valence electrons. The minimum Gasteiger partial charge on any atom is -0.394 e. The topological polar surface area (TPSA) is 69.0 Å². The highest BCUT2D eigenvalue weighted by atomic mass is 19.1. The summed E-state index contributed by atoms with van der Waals surface area (Å²) in [7, 11) is 0. The van der Waals surface area contributed by atoms with Crippen LogP contribution in [0.5, 0.6) is 0 Å². The highest BCUT2D eigenvalue weighted by Crippen LogP contribution is 2.31. The number of aromatic nitrogens is 3. The lowest BCUT2D eigenvalue weighted by Gasteiger charge is -2.07. The zero-order valence-electron chi connectivity index (χ0n) is 15.4. The van der Waals surface area contributed by atoms with Gasteiger partial charge in [0, 0.05) is 23.7 Å². The largest absolute Gasteiger partial charge is 0.394 e. The Labute approximate surface area is 157 Å². The van der Waals surface area contributed by atoms with Crippen molar-refractivity contribution >= 4 is 11.7 Å². The van der Waals surface area contributed by atoms with Crippen molar-refractivity contribution in [3.8, 4) is 22.4 Å². The third kappa shape index (κ3) is 4.49. The summed E-state index contributed by atoms with van der Waals surface area (Å²) in [6, 6.07) is 9.72. The molecule has 2 heterocycles. The Morgan fingerprint density at radius 3 is 2.63 bits per heavy atom. The van der Waals surface area contributed by atoms with Crippen LogP contribution in [0.3, 0.4) is 0 Å². The van der Waals surface area contributed by atoms with Gasteiger partial charge in [0.15, 0.2) is 0 Å². The van der Waals surface area contributed by atoms with E-state index in [1.807, 2.05) is 19.9 Å². The van der Waals surface area contributed by atoms with Gasteiger partial charge >= 0.3 is 0 Å². The van der Waals surface area contributed by atoms with Crippen LogP contribution in [0.2, 0.25) is 0 Å². The summed E-state index contributed by atoms with van der Waals surface area (Å²) in [6.07, 6.45) is 3.69. The molecule has 0 aliphatic heterocycles. The van der Waals surface area contributed by atoms with E-state index in [1.54, 1.807) is 37.5 Å². The summed E-state index contributed by atoms with van der Waals surface area (Å²) in [5.41, 5.74) is 3.01. The first kappa shape index (κ1) is 18.6. The summed E-state index contributed by atoms with van der Waals surface area (Å²) < 4.78 is 13.3. The van der Waals surface area contributed by atoms with Crippen LogP contribution in [0.15, 0.2) is 48.8 Å². The molecule has 1 amide bonds. The van der Waals surface area contributed by atoms with Crippen molar-refractivity contribution in [2.24, 2.45) is 0 Å². The average molecular weight is 368 g/mol. The predicted octanol–water partition coefficient (Wildman–Crippen LogP) is 3.94. The zero-order valence-corrected chi connectivity index (χ0v) is 15.4. The Morgan fingerprint density at radius 2 is 1.96 bits per heavy atom. The Bertz CT molecular complexity index is 935. The van der Waals surface area contributed by atoms with Crippen LogP contribution >= 0.6 is 0 Å². The molecule has 0 atom stereocenters. The predicted molar refractivity (Wildman–Crippen MR) is 101 cm³/mol. The standard InChI is InChI=1S/C20H21FN4O2/c1-4-19(26)23-18-11-15(9-10-22-18)17-12-25(27-13(2)3)24-20(17)14-5-7-16(21)8-6-14/h5-13H,4H2,1-3H3,(H,22,23,26). The molecule has 0 aliphatic carbocycles. The Hall–Kier alpha value is -3.22. The second-order valence-electron chi connectivity index (χ2n) is 6.29. The van der Waals surface area contributed by atoms with Crippen molar-refractivity contribution in [2.45, 2.75) is 33.3 Å². The first-order chi connectivity index (χ1) is 13.0. The fraction of sp³-hybridized carbons (Fsp3) is 0.250. The van der Waals surface area contributed by atoms with E-state index in [9.17, 15) is 9.18 Å². The number of anilines is 1. The van der Waals surface area contributed by atoms with Crippen LogP contribution in [-0.2, 0) is 4.79 Å². The number of nitrogens with one attached hydrogen (secondary N) is 1. The molecular formula is C20H21FN4O2. The van der Waals surface area contributed by atoms with E-state index < -0.39 is 0 Å². The van der Waals surface area contributed by atoms with Crippen molar-refractivity contribution < 1.29 is 14.0 Å². The molecule has 0 spiro atoms. The van der Waals surface area contributed by atoms with Gasteiger partial charge in [0.25, 0.3) is 0 Å². The van der Waals surface area contributed by atoms with E-state index in [4.69, 9.17) is 4.84 Å². The third-order valence-electron chi connectivity index (χ3n) is 3.79. The van der Waals surface area contributed by atoms with Gasteiger partial charge in [-0.2, -0.15) is 0 Å². The second kappa shape index (κ2) is 7.99. The highest BCUT2D eigenvalue weighted by molar-refractivity contribution is 5.90. The molecule has 0 saturated carbocycles. The van der Waals surface area contributed by atoms with Gasteiger partial charge in [-0.05, 0) is 55.8 Å². The van der Waals surface area contributed by atoms with Gasteiger partial charge in [-0.25, -0.2) is 9.37 Å². The van der Waals surface area contributed by atoms with Crippen molar-refractivity contribution in [3.05, 3.63) is 54.6 Å². The fourth-order valence-electron chi connectivity index (χ4n) is 2.55. The SMILES string of the molecule is CCC(=O)Nc1cc(-c2cn(OC(C)C)nc2-c2ccc(F)cc2)ccn1. The summed E-state index contributed by atoms with van der Waals surface area (Å²) >= 11 is 0. The van der Waals surface area contributed by atoms with Crippen molar-refractivity contribution in [3.63, 3.8) is 0 Å². The number of benzene rings is 1. The molecule has 7 heteroatoms. The average Bonchev–Trinajstić information content (AvgIpc) is 3.05. The number of carbonyl (C=O) groups excluding carboxylic acids is 1. The van der Waals surface area contributed by atoms with E-state index in [1.165, 1.54) is 17.0 Å². The third-order valence-corrected chi connectivity index (χ3v) is 3.79. The lowest BCUT2D eigenvalue weighted by atomic mass is 10.0. The molecule has 27 heavy (non-hydrogen) atoms. The number of carbonyl (C=O) groups is 1. The summed E-state index contributed by atoms with van der Waals surface area (Å²) in [4.78, 5) is 22.9. The lowest BCUT2D eigenvalue weighted by Crippen LogP contribution is -2.19. The van der Waals surface area contributed by atoms with Crippen molar-refractivity contribution in [1.82, 2.24) is 14.9 Å². The maximum Gasteiger partial charge on any atom is 0.225 e. The van der Waals surface area contributed by atoms with Gasteiger partial charge in [0.2, 0.25) is 5.91 Å². The molecule has 1 aromatic carbocycles. The number of hydrogen-bond acceptors (Lipinski definition) is 4. The molecule has 3 rings (SSSR count). The number of pyridine rings is 1. The van der Waals surface area contributed by atoms with Gasteiger partial charge in [-0.1, -0.05) is 6.92 Å². The molecule has 6 nitrogen and oxygen atoms in total. The molecule has 0 saturated heterocycles. The maximum atomic E-state index is 13.3. The minimum atomic E-state index is -0.313. The molecule has 3 aromatic rings. The summed E-state index contributed by atoms with van der Waals surface area (Å²) in [6.45, 7) is 5.59. The van der Waals surface area contributed by atoms with Gasteiger partial charge in [-0.3, -0.25) is 4.79 Å². The van der Waals surface area contributed by atoms with Gasteiger partial charge in [0.1, 0.15) is 23.4 Å². The number of amides is 1. The first-order valence-corrected chi connectivity index (χ1v) is 8.75. The highest BCUT2D eigenvalue weighted by Gasteiger charge is 2.16.